The molecule has 1 amide bonds. The molecular formula is C12H22N2O. The van der Waals surface area contributed by atoms with Crippen LogP contribution >= 0.6 is 0 Å². The molecule has 2 N–H and O–H groups in total. The minimum Gasteiger partial charge on any atom is -0.352 e. The molecule has 1 aliphatic heterocycles. The molecule has 2 rings (SSSR count). The number of rotatable bonds is 3. The first-order chi connectivity index (χ1) is 7.22. The maximum absolute atomic E-state index is 12.0. The fourth-order valence-electron chi connectivity index (χ4n) is 2.91. The van der Waals surface area contributed by atoms with Crippen molar-refractivity contribution < 1.29 is 4.79 Å². The van der Waals surface area contributed by atoms with E-state index in [9.17, 15) is 4.79 Å². The first-order valence-corrected chi connectivity index (χ1v) is 6.26. The quantitative estimate of drug-likeness (QED) is 0.737. The molecule has 0 radical (unpaired) electrons. The highest BCUT2D eigenvalue weighted by molar-refractivity contribution is 5.82. The zero-order valence-electron chi connectivity index (χ0n) is 9.75. The summed E-state index contributed by atoms with van der Waals surface area (Å²) in [7, 11) is 0. The molecular weight excluding hydrogens is 188 g/mol. The van der Waals surface area contributed by atoms with E-state index in [1.807, 2.05) is 0 Å². The first kappa shape index (κ1) is 10.9. The van der Waals surface area contributed by atoms with E-state index in [4.69, 9.17) is 0 Å². The van der Waals surface area contributed by atoms with Crippen molar-refractivity contribution in [1.82, 2.24) is 10.6 Å². The lowest BCUT2D eigenvalue weighted by Crippen LogP contribution is -2.46. The van der Waals surface area contributed by atoms with E-state index in [0.29, 0.717) is 12.0 Å². The molecule has 1 heterocycles. The molecule has 0 bridgehead atoms. The van der Waals surface area contributed by atoms with Gasteiger partial charge in [-0.2, -0.15) is 0 Å². The molecule has 3 heteroatoms. The van der Waals surface area contributed by atoms with Gasteiger partial charge >= 0.3 is 0 Å². The second kappa shape index (κ2) is 4.52. The maximum Gasteiger partial charge on any atom is 0.237 e. The molecule has 0 aromatic heterocycles. The SMILES string of the molecule is CCC(C)NC(=O)C1NCC2CCCC21. The Morgan fingerprint density at radius 2 is 2.33 bits per heavy atom. The fraction of sp³-hybridized carbons (Fsp3) is 0.917. The minimum absolute atomic E-state index is 0.0894. The Labute approximate surface area is 92.0 Å². The van der Waals surface area contributed by atoms with Gasteiger partial charge in [0.05, 0.1) is 6.04 Å². The van der Waals surface area contributed by atoms with Crippen LogP contribution in [0.2, 0.25) is 0 Å². The average Bonchev–Trinajstić information content (AvgIpc) is 2.77. The molecule has 1 aliphatic carbocycles. The molecule has 3 nitrogen and oxygen atoms in total. The van der Waals surface area contributed by atoms with Gasteiger partial charge < -0.3 is 10.6 Å². The number of amides is 1. The average molecular weight is 210 g/mol. The molecule has 0 spiro atoms. The molecule has 2 fully saturated rings. The Morgan fingerprint density at radius 1 is 1.53 bits per heavy atom. The topological polar surface area (TPSA) is 41.1 Å². The Kier molecular flexibility index (Phi) is 3.29. The van der Waals surface area contributed by atoms with Gasteiger partial charge in [-0.25, -0.2) is 0 Å². The number of nitrogens with one attached hydrogen (secondary N) is 2. The van der Waals surface area contributed by atoms with E-state index in [2.05, 4.69) is 24.5 Å². The second-order valence-electron chi connectivity index (χ2n) is 5.06. The summed E-state index contributed by atoms with van der Waals surface area (Å²) in [4.78, 5) is 12.0. The largest absolute Gasteiger partial charge is 0.352 e. The van der Waals surface area contributed by atoms with Crippen LogP contribution in [0.4, 0.5) is 0 Å². The molecule has 0 aromatic carbocycles. The lowest BCUT2D eigenvalue weighted by atomic mass is 9.93. The zero-order valence-corrected chi connectivity index (χ0v) is 9.75. The van der Waals surface area contributed by atoms with E-state index >= 15 is 0 Å². The monoisotopic (exact) mass is 210 g/mol. The minimum atomic E-state index is 0.0894. The highest BCUT2D eigenvalue weighted by Crippen LogP contribution is 2.37. The van der Waals surface area contributed by atoms with Crippen LogP contribution < -0.4 is 10.6 Å². The summed E-state index contributed by atoms with van der Waals surface area (Å²) in [6, 6.07) is 0.395. The molecule has 4 unspecified atom stereocenters. The Bertz CT molecular complexity index is 242. The van der Waals surface area contributed by atoms with Crippen LogP contribution in [0.15, 0.2) is 0 Å². The Morgan fingerprint density at radius 3 is 3.07 bits per heavy atom. The van der Waals surface area contributed by atoms with Crippen molar-refractivity contribution in [2.45, 2.75) is 51.6 Å². The molecule has 15 heavy (non-hydrogen) atoms. The smallest absolute Gasteiger partial charge is 0.237 e. The van der Waals surface area contributed by atoms with Crippen molar-refractivity contribution in [3.8, 4) is 0 Å². The third-order valence-corrected chi connectivity index (χ3v) is 4.03. The van der Waals surface area contributed by atoms with Gasteiger partial charge in [0.15, 0.2) is 0 Å². The highest BCUT2D eigenvalue weighted by atomic mass is 16.2. The van der Waals surface area contributed by atoms with Crippen LogP contribution in [0.5, 0.6) is 0 Å². The summed E-state index contributed by atoms with van der Waals surface area (Å²) >= 11 is 0. The van der Waals surface area contributed by atoms with Gasteiger partial charge in [0.25, 0.3) is 0 Å². The zero-order chi connectivity index (χ0) is 10.8. The van der Waals surface area contributed by atoms with Crippen LogP contribution in [0.3, 0.4) is 0 Å². The van der Waals surface area contributed by atoms with Crippen LogP contribution in [0.25, 0.3) is 0 Å². The summed E-state index contributed by atoms with van der Waals surface area (Å²) in [6.07, 6.45) is 4.86. The van der Waals surface area contributed by atoms with Crippen LogP contribution in [-0.4, -0.2) is 24.5 Å². The first-order valence-electron chi connectivity index (χ1n) is 6.26. The van der Waals surface area contributed by atoms with E-state index in [-0.39, 0.29) is 11.9 Å². The van der Waals surface area contributed by atoms with Gasteiger partial charge in [0, 0.05) is 6.04 Å². The molecule has 4 atom stereocenters. The Balaban J connectivity index is 1.90. The molecule has 86 valence electrons. The standard InChI is InChI=1S/C12H22N2O/c1-3-8(2)14-12(15)11-10-6-4-5-9(10)7-13-11/h8-11,13H,3-7H2,1-2H3,(H,14,15). The lowest BCUT2D eigenvalue weighted by Gasteiger charge is -2.20. The van der Waals surface area contributed by atoms with E-state index < -0.39 is 0 Å². The molecule has 0 aromatic rings. The normalized spacial score (nSPS) is 36.3. The van der Waals surface area contributed by atoms with Crippen molar-refractivity contribution in [3.05, 3.63) is 0 Å². The van der Waals surface area contributed by atoms with Gasteiger partial charge in [-0.15, -0.1) is 0 Å². The number of hydrogen-bond acceptors (Lipinski definition) is 2. The van der Waals surface area contributed by atoms with Gasteiger partial charge in [0.2, 0.25) is 5.91 Å². The van der Waals surface area contributed by atoms with Gasteiger partial charge in [-0.1, -0.05) is 13.3 Å². The second-order valence-corrected chi connectivity index (χ2v) is 5.06. The number of hydrogen-bond donors (Lipinski definition) is 2. The third-order valence-electron chi connectivity index (χ3n) is 4.03. The summed E-state index contributed by atoms with van der Waals surface area (Å²) in [5, 5.41) is 6.46. The predicted octanol–water partition coefficient (Wildman–Crippen LogP) is 1.29. The van der Waals surface area contributed by atoms with Crippen LogP contribution in [0.1, 0.15) is 39.5 Å². The predicted molar refractivity (Wildman–Crippen MR) is 60.5 cm³/mol. The van der Waals surface area contributed by atoms with Crippen molar-refractivity contribution in [2.24, 2.45) is 11.8 Å². The molecule has 2 aliphatic rings. The van der Waals surface area contributed by atoms with E-state index in [1.54, 1.807) is 0 Å². The Hall–Kier alpha value is -0.570. The number of carbonyl (C=O) groups is 1. The highest BCUT2D eigenvalue weighted by Gasteiger charge is 2.42. The van der Waals surface area contributed by atoms with Crippen LogP contribution in [-0.2, 0) is 4.79 Å². The number of fused-ring (bicyclic) bond motifs is 1. The maximum atomic E-state index is 12.0. The van der Waals surface area contributed by atoms with Gasteiger partial charge in [-0.3, -0.25) is 4.79 Å². The summed E-state index contributed by atoms with van der Waals surface area (Å²) in [5.74, 6) is 1.59. The third kappa shape index (κ3) is 2.17. The van der Waals surface area contributed by atoms with Gasteiger partial charge in [0.1, 0.15) is 0 Å². The molecule has 1 saturated carbocycles. The summed E-state index contributed by atoms with van der Waals surface area (Å²) in [5.41, 5.74) is 0. The lowest BCUT2D eigenvalue weighted by molar-refractivity contribution is -0.124. The van der Waals surface area contributed by atoms with Crippen LogP contribution in [0, 0.1) is 11.8 Å². The van der Waals surface area contributed by atoms with Gasteiger partial charge in [-0.05, 0) is 44.6 Å². The summed E-state index contributed by atoms with van der Waals surface area (Å²) < 4.78 is 0. The van der Waals surface area contributed by atoms with Crippen molar-refractivity contribution in [3.63, 3.8) is 0 Å². The fourth-order valence-corrected chi connectivity index (χ4v) is 2.91. The number of carbonyl (C=O) groups excluding carboxylic acids is 1. The summed E-state index contributed by atoms with van der Waals surface area (Å²) in [6.45, 7) is 5.22. The van der Waals surface area contributed by atoms with Crippen molar-refractivity contribution in [2.75, 3.05) is 6.54 Å². The van der Waals surface area contributed by atoms with E-state index in [0.717, 1.165) is 18.9 Å². The van der Waals surface area contributed by atoms with E-state index in [1.165, 1.54) is 19.3 Å². The van der Waals surface area contributed by atoms with Crippen molar-refractivity contribution in [1.29, 1.82) is 0 Å². The molecule has 1 saturated heterocycles. The van der Waals surface area contributed by atoms with Crippen molar-refractivity contribution >= 4 is 5.91 Å².